The van der Waals surface area contributed by atoms with Gasteiger partial charge in [-0.3, -0.25) is 9.78 Å². The van der Waals surface area contributed by atoms with Crippen LogP contribution in [-0.2, 0) is 6.54 Å². The van der Waals surface area contributed by atoms with Gasteiger partial charge >= 0.3 is 5.97 Å². The first-order valence-corrected chi connectivity index (χ1v) is 6.09. The lowest BCUT2D eigenvalue weighted by atomic mass is 10.1. The van der Waals surface area contributed by atoms with Crippen LogP contribution in [-0.4, -0.2) is 22.0 Å². The normalized spacial score (nSPS) is 10.1. The summed E-state index contributed by atoms with van der Waals surface area (Å²) < 4.78 is 0. The molecule has 0 saturated carbocycles. The molecule has 0 atom stereocenters. The van der Waals surface area contributed by atoms with Crippen LogP contribution in [0.2, 0.25) is 0 Å². The van der Waals surface area contributed by atoms with Gasteiger partial charge in [0.2, 0.25) is 0 Å². The second-order valence-electron chi connectivity index (χ2n) is 4.37. The van der Waals surface area contributed by atoms with Crippen LogP contribution in [0.5, 0.6) is 0 Å². The van der Waals surface area contributed by atoms with E-state index in [1.807, 2.05) is 19.1 Å². The molecule has 0 aliphatic heterocycles. The number of rotatable bonds is 4. The van der Waals surface area contributed by atoms with Crippen molar-refractivity contribution in [3.05, 3.63) is 65.0 Å². The summed E-state index contributed by atoms with van der Waals surface area (Å²) >= 11 is 0. The first-order chi connectivity index (χ1) is 9.56. The monoisotopic (exact) mass is 270 g/mol. The van der Waals surface area contributed by atoms with Crippen molar-refractivity contribution in [2.75, 3.05) is 0 Å². The van der Waals surface area contributed by atoms with E-state index in [4.69, 9.17) is 5.11 Å². The SMILES string of the molecule is Cc1ccc(CNC(=O)c2ccc(C(=O)O)cc2)cn1. The van der Waals surface area contributed by atoms with E-state index >= 15 is 0 Å². The van der Waals surface area contributed by atoms with E-state index in [1.54, 1.807) is 6.20 Å². The Balaban J connectivity index is 1.97. The number of nitrogens with zero attached hydrogens (tertiary/aromatic N) is 1. The molecule has 5 heteroatoms. The molecule has 0 aliphatic rings. The summed E-state index contributed by atoms with van der Waals surface area (Å²) in [6, 6.07) is 9.58. The molecule has 0 unspecified atom stereocenters. The highest BCUT2D eigenvalue weighted by Crippen LogP contribution is 2.05. The van der Waals surface area contributed by atoms with Gasteiger partial charge in [0, 0.05) is 24.0 Å². The maximum absolute atomic E-state index is 11.9. The Labute approximate surface area is 116 Å². The molecule has 0 fully saturated rings. The van der Waals surface area contributed by atoms with Crippen molar-refractivity contribution in [2.24, 2.45) is 0 Å². The molecule has 20 heavy (non-hydrogen) atoms. The first-order valence-electron chi connectivity index (χ1n) is 6.09. The number of hydrogen-bond acceptors (Lipinski definition) is 3. The molecular weight excluding hydrogens is 256 g/mol. The van der Waals surface area contributed by atoms with Crippen molar-refractivity contribution in [1.82, 2.24) is 10.3 Å². The molecular formula is C15H14N2O3. The van der Waals surface area contributed by atoms with Crippen LogP contribution in [0.4, 0.5) is 0 Å². The zero-order valence-electron chi connectivity index (χ0n) is 11.0. The van der Waals surface area contributed by atoms with Gasteiger partial charge < -0.3 is 10.4 Å². The highest BCUT2D eigenvalue weighted by atomic mass is 16.4. The Hall–Kier alpha value is -2.69. The average molecular weight is 270 g/mol. The zero-order chi connectivity index (χ0) is 14.5. The molecule has 102 valence electrons. The van der Waals surface area contributed by atoms with Crippen LogP contribution in [0.1, 0.15) is 32.0 Å². The minimum Gasteiger partial charge on any atom is -0.478 e. The van der Waals surface area contributed by atoms with Gasteiger partial charge in [-0.05, 0) is 42.8 Å². The number of carbonyl (C=O) groups is 2. The summed E-state index contributed by atoms with van der Waals surface area (Å²) in [5.74, 6) is -1.26. The van der Waals surface area contributed by atoms with E-state index in [-0.39, 0.29) is 11.5 Å². The molecule has 1 aromatic carbocycles. The zero-order valence-corrected chi connectivity index (χ0v) is 11.0. The molecule has 0 saturated heterocycles. The number of aromatic nitrogens is 1. The molecule has 0 aliphatic carbocycles. The van der Waals surface area contributed by atoms with Crippen molar-refractivity contribution in [3.8, 4) is 0 Å². The smallest absolute Gasteiger partial charge is 0.335 e. The van der Waals surface area contributed by atoms with Crippen LogP contribution in [0.25, 0.3) is 0 Å². The standard InChI is InChI=1S/C15H14N2O3/c1-10-2-3-11(8-16-10)9-17-14(18)12-4-6-13(7-5-12)15(19)20/h2-8H,9H2,1H3,(H,17,18)(H,19,20). The van der Waals surface area contributed by atoms with Gasteiger partial charge in [-0.15, -0.1) is 0 Å². The number of benzene rings is 1. The number of carbonyl (C=O) groups excluding carboxylic acids is 1. The molecule has 1 heterocycles. The number of carboxylic acids is 1. The third-order valence-corrected chi connectivity index (χ3v) is 2.82. The van der Waals surface area contributed by atoms with Crippen LogP contribution in [0.3, 0.4) is 0 Å². The summed E-state index contributed by atoms with van der Waals surface area (Å²) in [5.41, 5.74) is 2.41. The van der Waals surface area contributed by atoms with Gasteiger partial charge in [-0.2, -0.15) is 0 Å². The largest absolute Gasteiger partial charge is 0.478 e. The Morgan fingerprint density at radius 1 is 1.10 bits per heavy atom. The maximum atomic E-state index is 11.9. The number of aryl methyl sites for hydroxylation is 1. The van der Waals surface area contributed by atoms with Gasteiger partial charge in [0.1, 0.15) is 0 Å². The fraction of sp³-hybridized carbons (Fsp3) is 0.133. The van der Waals surface area contributed by atoms with Crippen molar-refractivity contribution < 1.29 is 14.7 Å². The quantitative estimate of drug-likeness (QED) is 0.890. The predicted octanol–water partition coefficient (Wildman–Crippen LogP) is 2.02. The molecule has 5 nitrogen and oxygen atoms in total. The first kappa shape index (κ1) is 13.7. The lowest BCUT2D eigenvalue weighted by Gasteiger charge is -2.05. The second-order valence-corrected chi connectivity index (χ2v) is 4.37. The Bertz CT molecular complexity index is 619. The van der Waals surface area contributed by atoms with Gasteiger partial charge in [-0.25, -0.2) is 4.79 Å². The number of aromatic carboxylic acids is 1. The summed E-state index contributed by atoms with van der Waals surface area (Å²) in [4.78, 5) is 26.7. The molecule has 1 aromatic heterocycles. The van der Waals surface area contributed by atoms with Crippen molar-refractivity contribution in [3.63, 3.8) is 0 Å². The number of amides is 1. The lowest BCUT2D eigenvalue weighted by molar-refractivity contribution is 0.0696. The minimum absolute atomic E-state index is 0.157. The predicted molar refractivity (Wildman–Crippen MR) is 73.5 cm³/mol. The van der Waals surface area contributed by atoms with Crippen LogP contribution < -0.4 is 5.32 Å². The summed E-state index contributed by atoms with van der Waals surface area (Å²) in [6.45, 7) is 2.28. The van der Waals surface area contributed by atoms with Gasteiger partial charge in [0.05, 0.1) is 5.56 Å². The number of hydrogen-bond donors (Lipinski definition) is 2. The fourth-order valence-corrected chi connectivity index (χ4v) is 1.65. The van der Waals surface area contributed by atoms with Gasteiger partial charge in [0.25, 0.3) is 5.91 Å². The van der Waals surface area contributed by atoms with E-state index in [9.17, 15) is 9.59 Å². The Kier molecular flexibility index (Phi) is 4.10. The second kappa shape index (κ2) is 5.97. The van der Waals surface area contributed by atoms with Gasteiger partial charge in [-0.1, -0.05) is 6.07 Å². The van der Waals surface area contributed by atoms with E-state index in [2.05, 4.69) is 10.3 Å². The summed E-state index contributed by atoms with van der Waals surface area (Å²) in [6.07, 6.45) is 1.71. The minimum atomic E-state index is -1.01. The van der Waals surface area contributed by atoms with Crippen molar-refractivity contribution in [1.29, 1.82) is 0 Å². The molecule has 2 N–H and O–H groups in total. The molecule has 2 aromatic rings. The van der Waals surface area contributed by atoms with E-state index in [1.165, 1.54) is 24.3 Å². The van der Waals surface area contributed by atoms with Crippen LogP contribution in [0.15, 0.2) is 42.6 Å². The lowest BCUT2D eigenvalue weighted by Crippen LogP contribution is -2.22. The van der Waals surface area contributed by atoms with E-state index in [0.29, 0.717) is 12.1 Å². The molecule has 0 spiro atoms. The third kappa shape index (κ3) is 3.41. The summed E-state index contributed by atoms with van der Waals surface area (Å²) in [5, 5.41) is 11.5. The van der Waals surface area contributed by atoms with Crippen LogP contribution in [0, 0.1) is 6.92 Å². The molecule has 0 bridgehead atoms. The maximum Gasteiger partial charge on any atom is 0.335 e. The number of pyridine rings is 1. The highest BCUT2D eigenvalue weighted by molar-refractivity contribution is 5.95. The highest BCUT2D eigenvalue weighted by Gasteiger charge is 2.07. The average Bonchev–Trinajstić information content (AvgIpc) is 2.46. The van der Waals surface area contributed by atoms with Crippen LogP contribution >= 0.6 is 0 Å². The number of carboxylic acid groups (broad SMARTS) is 1. The van der Waals surface area contributed by atoms with E-state index < -0.39 is 5.97 Å². The third-order valence-electron chi connectivity index (χ3n) is 2.82. The molecule has 1 amide bonds. The fourth-order valence-electron chi connectivity index (χ4n) is 1.65. The Morgan fingerprint density at radius 2 is 1.75 bits per heavy atom. The number of nitrogens with one attached hydrogen (secondary N) is 1. The molecule has 0 radical (unpaired) electrons. The summed E-state index contributed by atoms with van der Waals surface area (Å²) in [7, 11) is 0. The Morgan fingerprint density at radius 3 is 2.30 bits per heavy atom. The van der Waals surface area contributed by atoms with E-state index in [0.717, 1.165) is 11.3 Å². The topological polar surface area (TPSA) is 79.3 Å². The molecule has 2 rings (SSSR count). The van der Waals surface area contributed by atoms with Crippen molar-refractivity contribution in [2.45, 2.75) is 13.5 Å². The van der Waals surface area contributed by atoms with Crippen molar-refractivity contribution >= 4 is 11.9 Å². The van der Waals surface area contributed by atoms with Gasteiger partial charge in [0.15, 0.2) is 0 Å².